The van der Waals surface area contributed by atoms with Crippen molar-refractivity contribution in [2.24, 2.45) is 0 Å². The third-order valence-electron chi connectivity index (χ3n) is 16.5. The zero-order valence-corrected chi connectivity index (χ0v) is 51.0. The van der Waals surface area contributed by atoms with Crippen molar-refractivity contribution in [3.05, 3.63) is 24.3 Å². The number of nitrogens with one attached hydrogen (secondary N) is 1. The average Bonchev–Trinajstić information content (AvgIpc) is 3.43. The smallest absolute Gasteiger partial charge is 0.220 e. The summed E-state index contributed by atoms with van der Waals surface area (Å²) in [5.41, 5.74) is 0. The Morgan fingerprint density at radius 2 is 0.740 bits per heavy atom. The molecule has 9 nitrogen and oxygen atoms in total. The first-order valence-electron chi connectivity index (χ1n) is 34.1. The van der Waals surface area contributed by atoms with E-state index in [0.717, 1.165) is 38.5 Å². The van der Waals surface area contributed by atoms with Gasteiger partial charge in [-0.2, -0.15) is 0 Å². The first kappa shape index (κ1) is 73.7. The number of carbonyl (C=O) groups is 1. The molecule has 0 saturated carbocycles. The lowest BCUT2D eigenvalue weighted by Crippen LogP contribution is -2.60. The number of aliphatic hydroxyl groups excluding tert-OH is 5. The highest BCUT2D eigenvalue weighted by Gasteiger charge is 2.44. The molecule has 77 heavy (non-hydrogen) atoms. The highest BCUT2D eigenvalue weighted by molar-refractivity contribution is 5.76. The van der Waals surface area contributed by atoms with E-state index < -0.39 is 49.5 Å². The van der Waals surface area contributed by atoms with Gasteiger partial charge in [-0.15, -0.1) is 0 Å². The molecule has 0 bridgehead atoms. The van der Waals surface area contributed by atoms with Crippen molar-refractivity contribution < 1.29 is 39.8 Å². The Bertz CT molecular complexity index is 1260. The van der Waals surface area contributed by atoms with Crippen LogP contribution in [0.3, 0.4) is 0 Å². The largest absolute Gasteiger partial charge is 0.394 e. The third-order valence-corrected chi connectivity index (χ3v) is 16.5. The van der Waals surface area contributed by atoms with Crippen LogP contribution in [-0.2, 0) is 14.3 Å². The number of allylic oxidation sites excluding steroid dienone is 3. The van der Waals surface area contributed by atoms with E-state index in [-0.39, 0.29) is 12.5 Å². The van der Waals surface area contributed by atoms with Crippen molar-refractivity contribution >= 4 is 5.91 Å². The maximum absolute atomic E-state index is 13.1. The van der Waals surface area contributed by atoms with Crippen LogP contribution < -0.4 is 5.32 Å². The molecule has 1 saturated heterocycles. The molecule has 0 aromatic carbocycles. The van der Waals surface area contributed by atoms with Crippen LogP contribution in [0.1, 0.15) is 348 Å². The molecular formula is C68H131NO8. The Kier molecular flexibility index (Phi) is 55.4. The minimum Gasteiger partial charge on any atom is -0.394 e. The monoisotopic (exact) mass is 1090 g/mol. The fourth-order valence-corrected chi connectivity index (χ4v) is 11.2. The van der Waals surface area contributed by atoms with Gasteiger partial charge in [-0.1, -0.05) is 334 Å². The van der Waals surface area contributed by atoms with Gasteiger partial charge in [0.2, 0.25) is 5.91 Å². The number of carbonyl (C=O) groups excluding carboxylic acids is 1. The Morgan fingerprint density at radius 1 is 0.429 bits per heavy atom. The van der Waals surface area contributed by atoms with Crippen molar-refractivity contribution in [2.75, 3.05) is 13.2 Å². The molecular weight excluding hydrogens is 959 g/mol. The van der Waals surface area contributed by atoms with Crippen LogP contribution in [0.25, 0.3) is 0 Å². The van der Waals surface area contributed by atoms with E-state index in [1.165, 1.54) is 289 Å². The number of hydrogen-bond donors (Lipinski definition) is 6. The molecule has 0 aliphatic carbocycles. The molecule has 6 N–H and O–H groups in total. The molecule has 1 amide bonds. The number of rotatable bonds is 60. The van der Waals surface area contributed by atoms with E-state index in [9.17, 15) is 30.3 Å². The Hall–Kier alpha value is -1.33. The van der Waals surface area contributed by atoms with Gasteiger partial charge in [0.1, 0.15) is 24.4 Å². The van der Waals surface area contributed by atoms with Crippen LogP contribution in [-0.4, -0.2) is 87.5 Å². The Balaban J connectivity index is 2.15. The standard InChI is InChI=1S/C68H131NO8/c1-3-5-7-9-11-13-15-17-19-21-23-25-27-29-30-31-32-34-36-38-40-42-44-46-48-50-52-54-56-58-64(72)69-61(60-76-68-67(75)66(74)65(73)63(59-70)77-68)62(71)57-55-53-51-49-47-45-43-41-39-37-35-33-28-26-24-22-20-18-16-14-12-10-8-6-4-2/h47,49,55,57,61-63,65-68,70-71,73-75H,3-46,48,50-54,56,58-60H2,1-2H3,(H,69,72)/b49-47+,57-55+. The van der Waals surface area contributed by atoms with E-state index in [2.05, 4.69) is 31.3 Å². The summed E-state index contributed by atoms with van der Waals surface area (Å²) < 4.78 is 11.3. The molecule has 1 heterocycles. The molecule has 0 radical (unpaired) electrons. The Labute approximate surface area is 477 Å². The van der Waals surface area contributed by atoms with E-state index in [0.29, 0.717) is 6.42 Å². The lowest BCUT2D eigenvalue weighted by molar-refractivity contribution is -0.302. The molecule has 0 spiro atoms. The maximum atomic E-state index is 13.1. The second-order valence-electron chi connectivity index (χ2n) is 24.0. The van der Waals surface area contributed by atoms with Crippen molar-refractivity contribution in [1.29, 1.82) is 0 Å². The van der Waals surface area contributed by atoms with E-state index in [1.54, 1.807) is 6.08 Å². The van der Waals surface area contributed by atoms with Gasteiger partial charge in [0.15, 0.2) is 6.29 Å². The van der Waals surface area contributed by atoms with Crippen LogP contribution in [0.2, 0.25) is 0 Å². The van der Waals surface area contributed by atoms with Gasteiger partial charge in [-0.05, 0) is 32.1 Å². The quantitative estimate of drug-likeness (QED) is 0.0261. The second kappa shape index (κ2) is 57.9. The topological polar surface area (TPSA) is 149 Å². The lowest BCUT2D eigenvalue weighted by Gasteiger charge is -2.40. The van der Waals surface area contributed by atoms with Crippen molar-refractivity contribution in [3.63, 3.8) is 0 Å². The molecule has 1 aliphatic heterocycles. The highest BCUT2D eigenvalue weighted by Crippen LogP contribution is 2.23. The molecule has 7 atom stereocenters. The molecule has 456 valence electrons. The maximum Gasteiger partial charge on any atom is 0.220 e. The summed E-state index contributed by atoms with van der Waals surface area (Å²) >= 11 is 0. The summed E-state index contributed by atoms with van der Waals surface area (Å²) in [6, 6.07) is -0.820. The van der Waals surface area contributed by atoms with E-state index in [1.807, 2.05) is 6.08 Å². The lowest BCUT2D eigenvalue weighted by atomic mass is 9.99. The summed E-state index contributed by atoms with van der Waals surface area (Å²) in [5.74, 6) is -0.178. The minimum atomic E-state index is -1.57. The fraction of sp³-hybridized carbons (Fsp3) is 0.926. The van der Waals surface area contributed by atoms with Crippen molar-refractivity contribution in [3.8, 4) is 0 Å². The summed E-state index contributed by atoms with van der Waals surface area (Å²) in [6.07, 6.45) is 68.6. The van der Waals surface area contributed by atoms with Gasteiger partial charge >= 0.3 is 0 Å². The molecule has 9 heteroatoms. The SMILES string of the molecule is CCCCCCCCCCCCCCCCCCCCC/C=C/CC/C=C/C(O)C(COC1OC(CO)C(O)C(O)C1O)NC(=O)CCCCCCCCCCCCCCCCCCCCCCCCCCCCCCC. The van der Waals surface area contributed by atoms with E-state index >= 15 is 0 Å². The zero-order chi connectivity index (χ0) is 55.8. The van der Waals surface area contributed by atoms with Gasteiger partial charge in [0.25, 0.3) is 0 Å². The number of unbranched alkanes of at least 4 members (excludes halogenated alkanes) is 48. The number of hydrogen-bond acceptors (Lipinski definition) is 8. The first-order chi connectivity index (χ1) is 37.8. The summed E-state index contributed by atoms with van der Waals surface area (Å²) in [4.78, 5) is 13.1. The summed E-state index contributed by atoms with van der Waals surface area (Å²) in [7, 11) is 0. The van der Waals surface area contributed by atoms with Crippen LogP contribution in [0.5, 0.6) is 0 Å². The molecule has 7 unspecified atom stereocenters. The van der Waals surface area contributed by atoms with Crippen molar-refractivity contribution in [1.82, 2.24) is 5.32 Å². The summed E-state index contributed by atoms with van der Waals surface area (Å²) in [5, 5.41) is 54.7. The zero-order valence-electron chi connectivity index (χ0n) is 51.0. The van der Waals surface area contributed by atoms with Crippen LogP contribution >= 0.6 is 0 Å². The molecule has 1 rings (SSSR count). The highest BCUT2D eigenvalue weighted by atomic mass is 16.7. The van der Waals surface area contributed by atoms with Gasteiger partial charge in [0.05, 0.1) is 25.4 Å². The van der Waals surface area contributed by atoms with Crippen LogP contribution in [0, 0.1) is 0 Å². The van der Waals surface area contributed by atoms with Crippen LogP contribution in [0.15, 0.2) is 24.3 Å². The van der Waals surface area contributed by atoms with Gasteiger partial charge < -0.3 is 40.3 Å². The minimum absolute atomic E-state index is 0.178. The first-order valence-corrected chi connectivity index (χ1v) is 34.1. The van der Waals surface area contributed by atoms with Crippen LogP contribution in [0.4, 0.5) is 0 Å². The van der Waals surface area contributed by atoms with Gasteiger partial charge in [0, 0.05) is 6.42 Å². The normalized spacial score (nSPS) is 18.8. The average molecular weight is 1090 g/mol. The number of aliphatic hydroxyl groups is 5. The molecule has 1 fully saturated rings. The second-order valence-corrected chi connectivity index (χ2v) is 24.0. The predicted molar refractivity (Wildman–Crippen MR) is 327 cm³/mol. The molecule has 0 aromatic rings. The summed E-state index contributed by atoms with van der Waals surface area (Å²) in [6.45, 7) is 3.82. The molecule has 1 aliphatic rings. The number of amides is 1. The Morgan fingerprint density at radius 3 is 1.09 bits per heavy atom. The fourth-order valence-electron chi connectivity index (χ4n) is 11.2. The predicted octanol–water partition coefficient (Wildman–Crippen LogP) is 18.1. The van der Waals surface area contributed by atoms with Crippen molar-refractivity contribution in [2.45, 2.75) is 391 Å². The third kappa shape index (κ3) is 46.9. The molecule has 0 aromatic heterocycles. The number of ether oxygens (including phenoxy) is 2. The van der Waals surface area contributed by atoms with Gasteiger partial charge in [-0.25, -0.2) is 0 Å². The van der Waals surface area contributed by atoms with Gasteiger partial charge in [-0.3, -0.25) is 4.79 Å². The van der Waals surface area contributed by atoms with E-state index in [4.69, 9.17) is 9.47 Å².